The maximum absolute atomic E-state index is 12.0. The summed E-state index contributed by atoms with van der Waals surface area (Å²) in [5, 5.41) is 3.18. The predicted octanol–water partition coefficient (Wildman–Crippen LogP) is 2.97. The second-order valence-electron chi connectivity index (χ2n) is 3.92. The molecule has 18 heavy (non-hydrogen) atoms. The average Bonchev–Trinajstić information content (AvgIpc) is 2.54. The molecule has 90 valence electrons. The van der Waals surface area contributed by atoms with Gasteiger partial charge in [0.2, 0.25) is 0 Å². The molecule has 0 atom stereocenters. The van der Waals surface area contributed by atoms with Gasteiger partial charge >= 0.3 is 5.97 Å². The van der Waals surface area contributed by atoms with Crippen LogP contribution in [0.15, 0.2) is 42.5 Å². The van der Waals surface area contributed by atoms with E-state index in [9.17, 15) is 4.79 Å². The number of fused-ring (bicyclic) bond motifs is 2. The smallest absolute Gasteiger partial charge is 0.345 e. The number of benzene rings is 2. The zero-order chi connectivity index (χ0) is 12.5. The summed E-state index contributed by atoms with van der Waals surface area (Å²) in [5.41, 5.74) is 1.94. The van der Waals surface area contributed by atoms with Crippen LogP contribution in [0.3, 0.4) is 0 Å². The highest BCUT2D eigenvalue weighted by Gasteiger charge is 2.20. The molecule has 3 rings (SSSR count). The van der Waals surface area contributed by atoms with Crippen LogP contribution in [-0.2, 0) is 0 Å². The fraction of sp³-hybridized carbons (Fsp3) is 0.0714. The Kier molecular flexibility index (Phi) is 2.41. The normalized spacial score (nSPS) is 12.6. The summed E-state index contributed by atoms with van der Waals surface area (Å²) < 4.78 is 10.5. The van der Waals surface area contributed by atoms with E-state index in [1.165, 1.54) is 0 Å². The summed E-state index contributed by atoms with van der Waals surface area (Å²) in [6, 6.07) is 12.5. The van der Waals surface area contributed by atoms with Crippen LogP contribution in [-0.4, -0.2) is 13.1 Å². The molecule has 2 aromatic rings. The molecular formula is C14H11NO3. The molecule has 2 aromatic carbocycles. The predicted molar refractivity (Wildman–Crippen MR) is 67.7 cm³/mol. The first kappa shape index (κ1) is 10.7. The Morgan fingerprint density at radius 1 is 1.11 bits per heavy atom. The van der Waals surface area contributed by atoms with E-state index in [2.05, 4.69) is 5.32 Å². The van der Waals surface area contributed by atoms with E-state index in [0.717, 1.165) is 5.69 Å². The number of rotatable bonds is 1. The lowest BCUT2D eigenvalue weighted by Gasteiger charge is -2.08. The van der Waals surface area contributed by atoms with Gasteiger partial charge in [-0.15, -0.1) is 0 Å². The third-order valence-corrected chi connectivity index (χ3v) is 2.81. The summed E-state index contributed by atoms with van der Waals surface area (Å²) >= 11 is 0. The Morgan fingerprint density at radius 3 is 2.78 bits per heavy atom. The molecule has 0 aromatic heterocycles. The second-order valence-corrected chi connectivity index (χ2v) is 3.92. The van der Waals surface area contributed by atoms with Crippen LogP contribution in [0.4, 0.5) is 11.4 Å². The fourth-order valence-corrected chi connectivity index (χ4v) is 1.89. The Hall–Kier alpha value is -2.49. The molecule has 1 aliphatic rings. The van der Waals surface area contributed by atoms with E-state index in [1.807, 2.05) is 18.2 Å². The van der Waals surface area contributed by atoms with Gasteiger partial charge in [0.25, 0.3) is 0 Å². The zero-order valence-electron chi connectivity index (χ0n) is 9.77. The first-order valence-electron chi connectivity index (χ1n) is 5.54. The Morgan fingerprint density at radius 2 is 1.94 bits per heavy atom. The van der Waals surface area contributed by atoms with Gasteiger partial charge in [0, 0.05) is 6.07 Å². The van der Waals surface area contributed by atoms with Crippen LogP contribution in [0.1, 0.15) is 10.4 Å². The van der Waals surface area contributed by atoms with Gasteiger partial charge in [0.1, 0.15) is 5.75 Å². The Balaban J connectivity index is 2.14. The van der Waals surface area contributed by atoms with Gasteiger partial charge in [-0.2, -0.15) is 0 Å². The number of anilines is 2. The van der Waals surface area contributed by atoms with Crippen LogP contribution >= 0.6 is 0 Å². The van der Waals surface area contributed by atoms with Crippen molar-refractivity contribution in [3.8, 4) is 11.5 Å². The quantitative estimate of drug-likeness (QED) is 0.616. The molecule has 0 aliphatic carbocycles. The molecule has 0 saturated carbocycles. The molecule has 0 saturated heterocycles. The number of carbonyl (C=O) groups excluding carboxylic acids is 1. The number of hydrogen-bond acceptors (Lipinski definition) is 4. The summed E-state index contributed by atoms with van der Waals surface area (Å²) in [5.74, 6) is 0.844. The number of nitrogens with one attached hydrogen (secondary N) is 1. The molecule has 4 heteroatoms. The van der Waals surface area contributed by atoms with Crippen molar-refractivity contribution in [3.05, 3.63) is 48.0 Å². The maximum Gasteiger partial charge on any atom is 0.345 e. The minimum absolute atomic E-state index is 0.370. The monoisotopic (exact) mass is 241 g/mol. The molecule has 0 amide bonds. The minimum atomic E-state index is -0.370. The highest BCUT2D eigenvalue weighted by Crippen LogP contribution is 2.35. The molecule has 0 fully saturated rings. The first-order valence-corrected chi connectivity index (χ1v) is 5.54. The Labute approximate surface area is 104 Å². The van der Waals surface area contributed by atoms with Gasteiger partial charge in [-0.3, -0.25) is 0 Å². The lowest BCUT2D eigenvalue weighted by Crippen LogP contribution is -2.07. The number of ether oxygens (including phenoxy) is 2. The lowest BCUT2D eigenvalue weighted by atomic mass is 10.1. The van der Waals surface area contributed by atoms with Crippen molar-refractivity contribution in [2.75, 3.05) is 12.4 Å². The van der Waals surface area contributed by atoms with E-state index >= 15 is 0 Å². The molecule has 1 heterocycles. The van der Waals surface area contributed by atoms with Gasteiger partial charge in [-0.25, -0.2) is 4.79 Å². The van der Waals surface area contributed by atoms with E-state index < -0.39 is 0 Å². The van der Waals surface area contributed by atoms with Gasteiger partial charge in [0.15, 0.2) is 5.75 Å². The molecule has 0 radical (unpaired) electrons. The van der Waals surface area contributed by atoms with E-state index in [0.29, 0.717) is 22.7 Å². The van der Waals surface area contributed by atoms with Crippen LogP contribution < -0.4 is 14.8 Å². The van der Waals surface area contributed by atoms with Gasteiger partial charge in [-0.1, -0.05) is 12.1 Å². The molecule has 0 unspecified atom stereocenters. The zero-order valence-corrected chi connectivity index (χ0v) is 9.77. The van der Waals surface area contributed by atoms with Crippen molar-refractivity contribution in [3.63, 3.8) is 0 Å². The van der Waals surface area contributed by atoms with Crippen molar-refractivity contribution < 1.29 is 14.3 Å². The van der Waals surface area contributed by atoms with Crippen molar-refractivity contribution in [1.29, 1.82) is 0 Å². The van der Waals surface area contributed by atoms with Crippen molar-refractivity contribution >= 4 is 17.3 Å². The van der Waals surface area contributed by atoms with Crippen LogP contribution in [0.2, 0.25) is 0 Å². The lowest BCUT2D eigenvalue weighted by molar-refractivity contribution is 0.0738. The summed E-state index contributed by atoms with van der Waals surface area (Å²) in [6.07, 6.45) is 0. The number of methoxy groups -OCH3 is 1. The van der Waals surface area contributed by atoms with Crippen LogP contribution in [0, 0.1) is 0 Å². The van der Waals surface area contributed by atoms with Gasteiger partial charge < -0.3 is 14.8 Å². The standard InChI is InChI=1S/C14H11NO3/c1-17-9-6-7-10-12(8-9)15-11-4-2-3-5-13(11)18-14(10)16/h2-8,15H,1H3. The number of carbonyl (C=O) groups is 1. The summed E-state index contributed by atoms with van der Waals surface area (Å²) in [4.78, 5) is 12.0. The highest BCUT2D eigenvalue weighted by molar-refractivity contribution is 6.00. The number of esters is 1. The minimum Gasteiger partial charge on any atom is -0.497 e. The maximum atomic E-state index is 12.0. The van der Waals surface area contributed by atoms with Crippen molar-refractivity contribution in [2.45, 2.75) is 0 Å². The number of hydrogen-bond donors (Lipinski definition) is 1. The average molecular weight is 241 g/mol. The molecule has 0 bridgehead atoms. The SMILES string of the molecule is COc1ccc2c(c1)Nc1ccccc1OC2=O. The number of para-hydroxylation sites is 2. The fourth-order valence-electron chi connectivity index (χ4n) is 1.89. The van der Waals surface area contributed by atoms with Gasteiger partial charge in [0.05, 0.1) is 24.0 Å². The largest absolute Gasteiger partial charge is 0.497 e. The van der Waals surface area contributed by atoms with Crippen molar-refractivity contribution in [2.24, 2.45) is 0 Å². The third-order valence-electron chi connectivity index (χ3n) is 2.81. The molecule has 0 spiro atoms. The van der Waals surface area contributed by atoms with Gasteiger partial charge in [-0.05, 0) is 24.3 Å². The van der Waals surface area contributed by atoms with E-state index in [1.54, 1.807) is 31.4 Å². The topological polar surface area (TPSA) is 47.6 Å². The molecular weight excluding hydrogens is 230 g/mol. The van der Waals surface area contributed by atoms with Crippen LogP contribution in [0.5, 0.6) is 11.5 Å². The molecule has 4 nitrogen and oxygen atoms in total. The summed E-state index contributed by atoms with van der Waals surface area (Å²) in [6.45, 7) is 0. The Bertz CT molecular complexity index is 622. The van der Waals surface area contributed by atoms with E-state index in [-0.39, 0.29) is 5.97 Å². The van der Waals surface area contributed by atoms with Crippen LogP contribution in [0.25, 0.3) is 0 Å². The second kappa shape index (κ2) is 4.07. The molecule has 1 aliphatic heterocycles. The third kappa shape index (κ3) is 1.68. The van der Waals surface area contributed by atoms with E-state index in [4.69, 9.17) is 9.47 Å². The molecule has 1 N–H and O–H groups in total. The highest BCUT2D eigenvalue weighted by atomic mass is 16.5. The summed E-state index contributed by atoms with van der Waals surface area (Å²) in [7, 11) is 1.59. The first-order chi connectivity index (χ1) is 8.78. The van der Waals surface area contributed by atoms with Crippen molar-refractivity contribution in [1.82, 2.24) is 0 Å².